The van der Waals surface area contributed by atoms with Crippen LogP contribution in [0.15, 0.2) is 24.3 Å². The quantitative estimate of drug-likeness (QED) is 0.644. The highest BCUT2D eigenvalue weighted by Crippen LogP contribution is 2.19. The van der Waals surface area contributed by atoms with Gasteiger partial charge in [-0.25, -0.2) is 9.59 Å². The van der Waals surface area contributed by atoms with Gasteiger partial charge in [-0.3, -0.25) is 9.80 Å². The van der Waals surface area contributed by atoms with E-state index >= 15 is 0 Å². The Hall–Kier alpha value is -2.22. The smallest absolute Gasteiger partial charge is 0.328 e. The van der Waals surface area contributed by atoms with Crippen molar-refractivity contribution in [3.8, 4) is 0 Å². The standard InChI is InChI=1S/C16H26N2O.C4H4O4/c1-13-10-14(2)16(15(3)11-13)12-18-6-4-17(5-7-18)8-9-19;5-3(6)1-2-4(7)8/h10-11,19H,4-9,12H2,1-3H3;1-2H,(H,5,6)(H,7,8)/b;2-1+. The molecule has 0 aliphatic carbocycles. The first-order valence-corrected chi connectivity index (χ1v) is 8.99. The second-order valence-corrected chi connectivity index (χ2v) is 6.73. The predicted molar refractivity (Wildman–Crippen MR) is 104 cm³/mol. The number of piperazine rings is 1. The zero-order valence-corrected chi connectivity index (χ0v) is 16.3. The molecular formula is C20H30N2O5. The number of carboxylic acids is 2. The van der Waals surface area contributed by atoms with Crippen LogP contribution in [0.1, 0.15) is 22.3 Å². The van der Waals surface area contributed by atoms with E-state index in [2.05, 4.69) is 42.7 Å². The van der Waals surface area contributed by atoms with Gasteiger partial charge >= 0.3 is 11.9 Å². The van der Waals surface area contributed by atoms with Gasteiger partial charge in [0.05, 0.1) is 6.61 Å². The van der Waals surface area contributed by atoms with Crippen molar-refractivity contribution in [2.24, 2.45) is 0 Å². The van der Waals surface area contributed by atoms with Gasteiger partial charge in [0.25, 0.3) is 0 Å². The highest BCUT2D eigenvalue weighted by atomic mass is 16.4. The Morgan fingerprint density at radius 2 is 1.37 bits per heavy atom. The van der Waals surface area contributed by atoms with Crippen LogP contribution >= 0.6 is 0 Å². The van der Waals surface area contributed by atoms with Crippen LogP contribution in [-0.2, 0) is 16.1 Å². The van der Waals surface area contributed by atoms with E-state index in [4.69, 9.17) is 15.3 Å². The third kappa shape index (κ3) is 8.81. The molecule has 0 aromatic heterocycles. The number of carboxylic acid groups (broad SMARTS) is 2. The van der Waals surface area contributed by atoms with Crippen molar-refractivity contribution in [1.29, 1.82) is 0 Å². The van der Waals surface area contributed by atoms with Gasteiger partial charge in [0.1, 0.15) is 0 Å². The molecule has 1 aliphatic rings. The van der Waals surface area contributed by atoms with Gasteiger partial charge < -0.3 is 15.3 Å². The SMILES string of the molecule is Cc1cc(C)c(CN2CCN(CCO)CC2)c(C)c1.O=C(O)/C=C/C(=O)O. The molecule has 0 unspecified atom stereocenters. The summed E-state index contributed by atoms with van der Waals surface area (Å²) in [7, 11) is 0. The largest absolute Gasteiger partial charge is 0.478 e. The minimum Gasteiger partial charge on any atom is -0.478 e. The molecule has 0 radical (unpaired) electrons. The Labute approximate surface area is 160 Å². The van der Waals surface area contributed by atoms with Crippen molar-refractivity contribution in [2.45, 2.75) is 27.3 Å². The fourth-order valence-electron chi connectivity index (χ4n) is 3.14. The van der Waals surface area contributed by atoms with Gasteiger partial charge in [-0.2, -0.15) is 0 Å². The van der Waals surface area contributed by atoms with Gasteiger partial charge in [-0.15, -0.1) is 0 Å². The van der Waals surface area contributed by atoms with Crippen LogP contribution in [-0.4, -0.2) is 76.4 Å². The first-order chi connectivity index (χ1) is 12.7. The zero-order valence-electron chi connectivity index (χ0n) is 16.3. The van der Waals surface area contributed by atoms with Gasteiger partial charge in [0, 0.05) is 51.4 Å². The van der Waals surface area contributed by atoms with Crippen LogP contribution in [0.4, 0.5) is 0 Å². The molecule has 0 amide bonds. The number of aliphatic hydroxyl groups is 1. The van der Waals surface area contributed by atoms with Crippen LogP contribution < -0.4 is 0 Å². The second-order valence-electron chi connectivity index (χ2n) is 6.73. The summed E-state index contributed by atoms with van der Waals surface area (Å²) in [5.41, 5.74) is 5.67. The van der Waals surface area contributed by atoms with Crippen molar-refractivity contribution < 1.29 is 24.9 Å². The molecule has 3 N–H and O–H groups in total. The van der Waals surface area contributed by atoms with Crippen molar-refractivity contribution in [3.63, 3.8) is 0 Å². The summed E-state index contributed by atoms with van der Waals surface area (Å²) >= 11 is 0. The lowest BCUT2D eigenvalue weighted by molar-refractivity contribution is -0.134. The lowest BCUT2D eigenvalue weighted by Gasteiger charge is -2.34. The Kier molecular flexibility index (Phi) is 9.71. The first kappa shape index (κ1) is 22.8. The maximum absolute atomic E-state index is 9.55. The molecule has 150 valence electrons. The summed E-state index contributed by atoms with van der Waals surface area (Å²) in [6.07, 6.45) is 1.12. The van der Waals surface area contributed by atoms with Crippen molar-refractivity contribution in [3.05, 3.63) is 46.5 Å². The molecule has 1 saturated heterocycles. The van der Waals surface area contributed by atoms with Crippen LogP contribution in [0, 0.1) is 20.8 Å². The predicted octanol–water partition coefficient (Wildman–Crippen LogP) is 1.43. The molecule has 7 nitrogen and oxygen atoms in total. The summed E-state index contributed by atoms with van der Waals surface area (Å²) in [6, 6.07) is 4.56. The van der Waals surface area contributed by atoms with Gasteiger partial charge in [-0.1, -0.05) is 17.7 Å². The molecule has 1 aliphatic heterocycles. The lowest BCUT2D eigenvalue weighted by Crippen LogP contribution is -2.46. The topological polar surface area (TPSA) is 101 Å². The Morgan fingerprint density at radius 1 is 0.926 bits per heavy atom. The van der Waals surface area contributed by atoms with E-state index in [0.717, 1.165) is 39.3 Å². The molecule has 1 heterocycles. The molecule has 0 bridgehead atoms. The average Bonchev–Trinajstić information content (AvgIpc) is 2.58. The number of nitrogens with zero attached hydrogens (tertiary/aromatic N) is 2. The molecule has 7 heteroatoms. The number of aliphatic hydroxyl groups excluding tert-OH is 1. The molecule has 0 saturated carbocycles. The number of hydrogen-bond donors (Lipinski definition) is 3. The maximum Gasteiger partial charge on any atom is 0.328 e. The van der Waals surface area contributed by atoms with Crippen molar-refractivity contribution >= 4 is 11.9 Å². The minimum absolute atomic E-state index is 0.274. The number of carbonyl (C=O) groups is 2. The summed E-state index contributed by atoms with van der Waals surface area (Å²) in [6.45, 7) is 13.1. The molecule has 1 aromatic rings. The van der Waals surface area contributed by atoms with E-state index in [1.54, 1.807) is 0 Å². The van der Waals surface area contributed by atoms with E-state index in [1.807, 2.05) is 0 Å². The fourth-order valence-corrected chi connectivity index (χ4v) is 3.14. The molecule has 0 atom stereocenters. The number of hydrogen-bond acceptors (Lipinski definition) is 5. The van der Waals surface area contributed by atoms with Crippen LogP contribution in [0.2, 0.25) is 0 Å². The zero-order chi connectivity index (χ0) is 20.4. The molecule has 0 spiro atoms. The Bertz CT molecular complexity index is 625. The number of aryl methyl sites for hydroxylation is 3. The molecule has 2 rings (SSSR count). The van der Waals surface area contributed by atoms with Crippen molar-refractivity contribution in [2.75, 3.05) is 39.3 Å². The van der Waals surface area contributed by atoms with E-state index in [-0.39, 0.29) is 6.61 Å². The molecule has 27 heavy (non-hydrogen) atoms. The maximum atomic E-state index is 9.55. The minimum atomic E-state index is -1.26. The fraction of sp³-hybridized carbons (Fsp3) is 0.500. The van der Waals surface area contributed by atoms with E-state index in [1.165, 1.54) is 22.3 Å². The Morgan fingerprint density at radius 3 is 1.78 bits per heavy atom. The Balaban J connectivity index is 0.000000387. The number of rotatable bonds is 6. The third-order valence-corrected chi connectivity index (χ3v) is 4.47. The van der Waals surface area contributed by atoms with Gasteiger partial charge in [0.15, 0.2) is 0 Å². The van der Waals surface area contributed by atoms with E-state index in [9.17, 15) is 9.59 Å². The second kappa shape index (κ2) is 11.5. The number of β-amino-alcohol motifs (C(OH)–C–C–N with tert-alkyl or cyclic N) is 1. The number of aliphatic carboxylic acids is 2. The first-order valence-electron chi connectivity index (χ1n) is 8.99. The van der Waals surface area contributed by atoms with E-state index < -0.39 is 11.9 Å². The van der Waals surface area contributed by atoms with Gasteiger partial charge in [0.2, 0.25) is 0 Å². The van der Waals surface area contributed by atoms with Gasteiger partial charge in [-0.05, 0) is 37.5 Å². The summed E-state index contributed by atoms with van der Waals surface area (Å²) in [5, 5.41) is 24.6. The van der Waals surface area contributed by atoms with Crippen LogP contribution in [0.3, 0.4) is 0 Å². The molecule has 1 fully saturated rings. The highest BCUT2D eigenvalue weighted by Gasteiger charge is 2.17. The summed E-state index contributed by atoms with van der Waals surface area (Å²) in [4.78, 5) is 24.0. The van der Waals surface area contributed by atoms with E-state index in [0.29, 0.717) is 12.2 Å². The summed E-state index contributed by atoms with van der Waals surface area (Å²) < 4.78 is 0. The van der Waals surface area contributed by atoms with Crippen molar-refractivity contribution in [1.82, 2.24) is 9.80 Å². The lowest BCUT2D eigenvalue weighted by atomic mass is 9.99. The monoisotopic (exact) mass is 378 g/mol. The third-order valence-electron chi connectivity index (χ3n) is 4.47. The normalized spacial score (nSPS) is 15.4. The number of benzene rings is 1. The summed E-state index contributed by atoms with van der Waals surface area (Å²) in [5.74, 6) is -2.51. The highest BCUT2D eigenvalue weighted by molar-refractivity contribution is 5.89. The van der Waals surface area contributed by atoms with Crippen LogP contribution in [0.5, 0.6) is 0 Å². The average molecular weight is 378 g/mol. The molecular weight excluding hydrogens is 348 g/mol. The van der Waals surface area contributed by atoms with Crippen LogP contribution in [0.25, 0.3) is 0 Å². The molecule has 1 aromatic carbocycles.